The molecule has 2 heteroatoms. The lowest BCUT2D eigenvalue weighted by Gasteiger charge is -2.49. The molecule has 1 N–H and O–H groups in total. The van der Waals surface area contributed by atoms with Gasteiger partial charge in [0.1, 0.15) is 0 Å². The predicted molar refractivity (Wildman–Crippen MR) is 60.9 cm³/mol. The fourth-order valence-electron chi connectivity index (χ4n) is 3.70. The van der Waals surface area contributed by atoms with Crippen LogP contribution >= 0.6 is 0 Å². The van der Waals surface area contributed by atoms with Crippen LogP contribution in [0.25, 0.3) is 0 Å². The summed E-state index contributed by atoms with van der Waals surface area (Å²) >= 11 is 0. The summed E-state index contributed by atoms with van der Waals surface area (Å²) < 4.78 is 6.01. The summed E-state index contributed by atoms with van der Waals surface area (Å²) in [6.45, 7) is 3.53. The van der Waals surface area contributed by atoms with Crippen molar-refractivity contribution in [3.63, 3.8) is 0 Å². The minimum absolute atomic E-state index is 0.355. The van der Waals surface area contributed by atoms with Gasteiger partial charge in [-0.3, -0.25) is 0 Å². The summed E-state index contributed by atoms with van der Waals surface area (Å²) in [4.78, 5) is 0. The lowest BCUT2D eigenvalue weighted by molar-refractivity contribution is -0.151. The molecule has 2 aliphatic heterocycles. The van der Waals surface area contributed by atoms with Gasteiger partial charge in [0, 0.05) is 6.61 Å². The predicted octanol–water partition coefficient (Wildman–Crippen LogP) is 2.34. The van der Waals surface area contributed by atoms with Crippen molar-refractivity contribution < 1.29 is 4.74 Å². The minimum Gasteiger partial charge on any atom is -0.375 e. The quantitative estimate of drug-likeness (QED) is 0.715. The molecule has 1 saturated carbocycles. The van der Waals surface area contributed by atoms with Gasteiger partial charge in [0.15, 0.2) is 0 Å². The summed E-state index contributed by atoms with van der Waals surface area (Å²) in [5.41, 5.74) is 0.355. The summed E-state index contributed by atoms with van der Waals surface area (Å²) in [7, 11) is 0. The van der Waals surface area contributed by atoms with E-state index in [0.717, 1.165) is 18.4 Å². The maximum atomic E-state index is 6.01. The topological polar surface area (TPSA) is 21.3 Å². The van der Waals surface area contributed by atoms with Crippen LogP contribution < -0.4 is 5.32 Å². The Hall–Kier alpha value is -0.0800. The van der Waals surface area contributed by atoms with E-state index >= 15 is 0 Å². The molecule has 2 saturated heterocycles. The van der Waals surface area contributed by atoms with Gasteiger partial charge in [0.05, 0.1) is 5.60 Å². The van der Waals surface area contributed by atoms with E-state index in [1.54, 1.807) is 0 Å². The average molecular weight is 209 g/mol. The van der Waals surface area contributed by atoms with Crippen molar-refractivity contribution in [2.75, 3.05) is 19.7 Å². The van der Waals surface area contributed by atoms with Gasteiger partial charge in [-0.2, -0.15) is 0 Å². The molecule has 1 unspecified atom stereocenters. The first-order chi connectivity index (χ1) is 7.38. The third-order valence-corrected chi connectivity index (χ3v) is 4.85. The van der Waals surface area contributed by atoms with Gasteiger partial charge in [-0.1, -0.05) is 0 Å². The van der Waals surface area contributed by atoms with Gasteiger partial charge in [-0.25, -0.2) is 0 Å². The van der Waals surface area contributed by atoms with E-state index in [-0.39, 0.29) is 0 Å². The van der Waals surface area contributed by atoms with Crippen LogP contribution in [0, 0.1) is 11.8 Å². The van der Waals surface area contributed by atoms with E-state index in [9.17, 15) is 0 Å². The number of hydrogen-bond acceptors (Lipinski definition) is 2. The van der Waals surface area contributed by atoms with Crippen molar-refractivity contribution >= 4 is 0 Å². The molecule has 1 atom stereocenters. The normalized spacial score (nSPS) is 36.4. The van der Waals surface area contributed by atoms with Crippen LogP contribution in [0.1, 0.15) is 44.9 Å². The lowest BCUT2D eigenvalue weighted by atomic mass is 9.68. The molecule has 0 radical (unpaired) electrons. The Morgan fingerprint density at radius 1 is 1.00 bits per heavy atom. The molecule has 0 aromatic rings. The molecular weight excluding hydrogens is 186 g/mol. The number of ether oxygens (including phenoxy) is 1. The largest absolute Gasteiger partial charge is 0.375 e. The van der Waals surface area contributed by atoms with Gasteiger partial charge in [-0.15, -0.1) is 0 Å². The van der Waals surface area contributed by atoms with Crippen molar-refractivity contribution in [1.29, 1.82) is 0 Å². The minimum atomic E-state index is 0.355. The van der Waals surface area contributed by atoms with Gasteiger partial charge in [0.25, 0.3) is 0 Å². The highest BCUT2D eigenvalue weighted by Gasteiger charge is 2.44. The average Bonchev–Trinajstić information content (AvgIpc) is 2.28. The third-order valence-electron chi connectivity index (χ3n) is 4.85. The highest BCUT2D eigenvalue weighted by atomic mass is 16.5. The first-order valence-electron chi connectivity index (χ1n) is 6.73. The van der Waals surface area contributed by atoms with E-state index in [1.807, 2.05) is 0 Å². The molecule has 3 rings (SSSR count). The highest BCUT2D eigenvalue weighted by Crippen LogP contribution is 2.47. The second kappa shape index (κ2) is 4.06. The fraction of sp³-hybridized carbons (Fsp3) is 1.00. The molecule has 0 aromatic carbocycles. The second-order valence-corrected chi connectivity index (χ2v) is 5.73. The van der Waals surface area contributed by atoms with Crippen LogP contribution in [0.2, 0.25) is 0 Å². The van der Waals surface area contributed by atoms with E-state index < -0.39 is 0 Å². The summed E-state index contributed by atoms with van der Waals surface area (Å²) in [5, 5.41) is 3.47. The Labute approximate surface area is 92.8 Å². The van der Waals surface area contributed by atoms with Crippen molar-refractivity contribution in [1.82, 2.24) is 5.32 Å². The van der Waals surface area contributed by atoms with Crippen LogP contribution in [0.4, 0.5) is 0 Å². The molecule has 2 nitrogen and oxygen atoms in total. The molecule has 3 fully saturated rings. The number of nitrogens with one attached hydrogen (secondary N) is 1. The molecule has 86 valence electrons. The molecule has 1 spiro atoms. The van der Waals surface area contributed by atoms with Gasteiger partial charge in [-0.05, 0) is 69.9 Å². The van der Waals surface area contributed by atoms with Crippen molar-refractivity contribution in [3.05, 3.63) is 0 Å². The molecule has 15 heavy (non-hydrogen) atoms. The Kier molecular flexibility index (Phi) is 2.73. The molecule has 0 aromatic heterocycles. The van der Waals surface area contributed by atoms with Gasteiger partial charge in [0.2, 0.25) is 0 Å². The standard InChI is InChI=1S/C13H23NO/c1-5-13(6-1)10-12(4-9-15-13)11-2-7-14-8-3-11/h11-12,14H,1-10H2. The molecule has 0 bridgehead atoms. The molecule has 3 aliphatic rings. The summed E-state index contributed by atoms with van der Waals surface area (Å²) in [6, 6.07) is 0. The summed E-state index contributed by atoms with van der Waals surface area (Å²) in [5.74, 6) is 1.97. The fourth-order valence-corrected chi connectivity index (χ4v) is 3.70. The zero-order valence-corrected chi connectivity index (χ0v) is 9.63. The maximum absolute atomic E-state index is 6.01. The van der Waals surface area contributed by atoms with E-state index in [4.69, 9.17) is 4.74 Å². The van der Waals surface area contributed by atoms with E-state index in [1.165, 1.54) is 58.0 Å². The van der Waals surface area contributed by atoms with Crippen LogP contribution in [0.5, 0.6) is 0 Å². The van der Waals surface area contributed by atoms with Crippen LogP contribution in [0.3, 0.4) is 0 Å². The second-order valence-electron chi connectivity index (χ2n) is 5.73. The Morgan fingerprint density at radius 3 is 2.47 bits per heavy atom. The molecular formula is C13H23NO. The Bertz CT molecular complexity index is 219. The number of hydrogen-bond donors (Lipinski definition) is 1. The van der Waals surface area contributed by atoms with Crippen LogP contribution in [0.15, 0.2) is 0 Å². The van der Waals surface area contributed by atoms with Crippen LogP contribution in [-0.2, 0) is 4.74 Å². The van der Waals surface area contributed by atoms with Crippen LogP contribution in [-0.4, -0.2) is 25.3 Å². The zero-order chi connectivity index (χ0) is 10.1. The van der Waals surface area contributed by atoms with E-state index in [0.29, 0.717) is 5.60 Å². The number of rotatable bonds is 1. The smallest absolute Gasteiger partial charge is 0.0685 e. The SMILES string of the molecule is C1CC2(C1)CC(C1CCNCC1)CCO2. The van der Waals surface area contributed by atoms with E-state index in [2.05, 4.69) is 5.32 Å². The molecule has 2 heterocycles. The molecule has 1 aliphatic carbocycles. The molecule has 0 amide bonds. The van der Waals surface area contributed by atoms with Crippen molar-refractivity contribution in [2.45, 2.75) is 50.5 Å². The Morgan fingerprint density at radius 2 is 1.80 bits per heavy atom. The first-order valence-corrected chi connectivity index (χ1v) is 6.73. The van der Waals surface area contributed by atoms with Crippen molar-refractivity contribution in [2.24, 2.45) is 11.8 Å². The monoisotopic (exact) mass is 209 g/mol. The Balaban J connectivity index is 1.60. The number of piperidine rings is 1. The van der Waals surface area contributed by atoms with Gasteiger partial charge < -0.3 is 10.1 Å². The lowest BCUT2D eigenvalue weighted by Crippen LogP contribution is -2.47. The summed E-state index contributed by atoms with van der Waals surface area (Å²) in [6.07, 6.45) is 9.59. The first kappa shape index (κ1) is 10.1. The zero-order valence-electron chi connectivity index (χ0n) is 9.63. The maximum Gasteiger partial charge on any atom is 0.0685 e. The third kappa shape index (κ3) is 1.94. The highest BCUT2D eigenvalue weighted by molar-refractivity contribution is 4.95. The van der Waals surface area contributed by atoms with Crippen molar-refractivity contribution in [3.8, 4) is 0 Å². The van der Waals surface area contributed by atoms with Gasteiger partial charge >= 0.3 is 0 Å².